The molecule has 1 rings (SSSR count). The van der Waals surface area contributed by atoms with E-state index >= 15 is 0 Å². The Kier molecular flexibility index (Phi) is 4.55. The van der Waals surface area contributed by atoms with Gasteiger partial charge in [-0.3, -0.25) is 9.59 Å². The van der Waals surface area contributed by atoms with Gasteiger partial charge in [-0.05, 0) is 12.8 Å². The Hall–Kier alpha value is -1.10. The molecule has 15 heavy (non-hydrogen) atoms. The van der Waals surface area contributed by atoms with Crippen LogP contribution in [0.3, 0.4) is 0 Å². The second-order valence-electron chi connectivity index (χ2n) is 3.92. The zero-order chi connectivity index (χ0) is 11.3. The van der Waals surface area contributed by atoms with Crippen LogP contribution in [0.15, 0.2) is 0 Å². The van der Waals surface area contributed by atoms with Crippen LogP contribution < -0.4 is 11.1 Å². The smallest absolute Gasteiger partial charge is 0.242 e. The van der Waals surface area contributed by atoms with Gasteiger partial charge in [0.15, 0.2) is 0 Å². The van der Waals surface area contributed by atoms with Gasteiger partial charge in [-0.15, -0.1) is 0 Å². The molecule has 5 heteroatoms. The molecule has 5 nitrogen and oxygen atoms in total. The molecule has 1 saturated heterocycles. The first-order valence-electron chi connectivity index (χ1n) is 5.43. The van der Waals surface area contributed by atoms with Gasteiger partial charge < -0.3 is 16.0 Å². The summed E-state index contributed by atoms with van der Waals surface area (Å²) in [6, 6.07) is 0.0975. The van der Waals surface area contributed by atoms with Crippen LogP contribution in [0.4, 0.5) is 0 Å². The lowest BCUT2D eigenvalue weighted by Gasteiger charge is -2.15. The lowest BCUT2D eigenvalue weighted by atomic mass is 10.3. The minimum Gasteiger partial charge on any atom is -0.347 e. The highest BCUT2D eigenvalue weighted by Crippen LogP contribution is 2.06. The van der Waals surface area contributed by atoms with E-state index in [4.69, 9.17) is 5.73 Å². The third-order valence-corrected chi connectivity index (χ3v) is 2.49. The summed E-state index contributed by atoms with van der Waals surface area (Å²) >= 11 is 0. The number of hydrogen-bond donors (Lipinski definition) is 2. The summed E-state index contributed by atoms with van der Waals surface area (Å²) in [5, 5.41) is 2.60. The van der Waals surface area contributed by atoms with Gasteiger partial charge in [-0.1, -0.05) is 6.92 Å². The number of likely N-dealkylation sites (tertiary alicyclic amines) is 1. The molecule has 2 amide bonds. The summed E-state index contributed by atoms with van der Waals surface area (Å²) in [4.78, 5) is 24.4. The maximum atomic E-state index is 11.6. The molecule has 1 aliphatic heterocycles. The first-order chi connectivity index (χ1) is 7.13. The molecular formula is C10H19N3O2. The minimum atomic E-state index is -0.0608. The number of nitrogens with two attached hydrogens (primary N) is 1. The van der Waals surface area contributed by atoms with E-state index in [1.165, 1.54) is 0 Å². The Labute approximate surface area is 90.0 Å². The summed E-state index contributed by atoms with van der Waals surface area (Å²) in [6.45, 7) is 3.36. The summed E-state index contributed by atoms with van der Waals surface area (Å²) in [7, 11) is 0. The van der Waals surface area contributed by atoms with Gasteiger partial charge in [-0.25, -0.2) is 0 Å². The molecule has 1 atom stereocenters. The Balaban J connectivity index is 2.21. The van der Waals surface area contributed by atoms with Crippen molar-refractivity contribution < 1.29 is 9.59 Å². The van der Waals surface area contributed by atoms with E-state index in [0.29, 0.717) is 19.5 Å². The molecule has 1 heterocycles. The highest BCUT2D eigenvalue weighted by molar-refractivity contribution is 5.84. The number of carbonyl (C=O) groups is 2. The van der Waals surface area contributed by atoms with Crippen molar-refractivity contribution in [3.05, 3.63) is 0 Å². The van der Waals surface area contributed by atoms with Gasteiger partial charge in [0.05, 0.1) is 6.54 Å². The van der Waals surface area contributed by atoms with Crippen LogP contribution >= 0.6 is 0 Å². The molecule has 1 aliphatic rings. The largest absolute Gasteiger partial charge is 0.347 e. The predicted octanol–water partition coefficient (Wildman–Crippen LogP) is -0.538. The normalized spacial score (nSPS) is 20.4. The van der Waals surface area contributed by atoms with Gasteiger partial charge in [0.1, 0.15) is 0 Å². The third kappa shape index (κ3) is 3.87. The molecular weight excluding hydrogens is 194 g/mol. The summed E-state index contributed by atoms with van der Waals surface area (Å²) in [6.07, 6.45) is 2.13. The van der Waals surface area contributed by atoms with Crippen molar-refractivity contribution >= 4 is 11.8 Å². The molecule has 0 bridgehead atoms. The van der Waals surface area contributed by atoms with Crippen molar-refractivity contribution in [2.45, 2.75) is 32.2 Å². The van der Waals surface area contributed by atoms with Crippen LogP contribution in [0, 0.1) is 0 Å². The number of nitrogens with zero attached hydrogens (tertiary/aromatic N) is 1. The van der Waals surface area contributed by atoms with Crippen molar-refractivity contribution in [1.29, 1.82) is 0 Å². The molecule has 3 N–H and O–H groups in total. The Bertz CT molecular complexity index is 243. The SMILES string of the molecule is CCCC(=O)NCC(=O)N1CCC(N)C1. The topological polar surface area (TPSA) is 75.4 Å². The highest BCUT2D eigenvalue weighted by Gasteiger charge is 2.23. The van der Waals surface area contributed by atoms with E-state index in [1.54, 1.807) is 4.90 Å². The fourth-order valence-electron chi connectivity index (χ4n) is 1.62. The van der Waals surface area contributed by atoms with Gasteiger partial charge in [0, 0.05) is 25.6 Å². The van der Waals surface area contributed by atoms with Crippen LogP contribution in [0.25, 0.3) is 0 Å². The standard InChI is InChI=1S/C10H19N3O2/c1-2-3-9(14)12-6-10(15)13-5-4-8(11)7-13/h8H,2-7,11H2,1H3,(H,12,14). The Morgan fingerprint density at radius 3 is 2.80 bits per heavy atom. The zero-order valence-electron chi connectivity index (χ0n) is 9.16. The maximum Gasteiger partial charge on any atom is 0.242 e. The van der Waals surface area contributed by atoms with E-state index in [-0.39, 0.29) is 24.4 Å². The number of rotatable bonds is 4. The molecule has 0 saturated carbocycles. The lowest BCUT2D eigenvalue weighted by Crippen LogP contribution is -2.40. The average Bonchev–Trinajstić information content (AvgIpc) is 2.62. The van der Waals surface area contributed by atoms with Gasteiger partial charge in [-0.2, -0.15) is 0 Å². The van der Waals surface area contributed by atoms with Crippen LogP contribution in [0.2, 0.25) is 0 Å². The molecule has 0 radical (unpaired) electrons. The Morgan fingerprint density at radius 1 is 1.53 bits per heavy atom. The summed E-state index contributed by atoms with van der Waals surface area (Å²) in [5.41, 5.74) is 5.69. The molecule has 0 aromatic heterocycles. The Morgan fingerprint density at radius 2 is 2.27 bits per heavy atom. The minimum absolute atomic E-state index is 0.0348. The molecule has 1 unspecified atom stereocenters. The number of nitrogens with one attached hydrogen (secondary N) is 1. The number of hydrogen-bond acceptors (Lipinski definition) is 3. The first-order valence-corrected chi connectivity index (χ1v) is 5.43. The van der Waals surface area contributed by atoms with Crippen LogP contribution in [0.5, 0.6) is 0 Å². The van der Waals surface area contributed by atoms with E-state index < -0.39 is 0 Å². The van der Waals surface area contributed by atoms with Crippen molar-refractivity contribution in [1.82, 2.24) is 10.2 Å². The zero-order valence-corrected chi connectivity index (χ0v) is 9.16. The van der Waals surface area contributed by atoms with E-state index in [1.807, 2.05) is 6.92 Å². The molecule has 0 aliphatic carbocycles. The van der Waals surface area contributed by atoms with E-state index in [0.717, 1.165) is 12.8 Å². The van der Waals surface area contributed by atoms with Gasteiger partial charge in [0.2, 0.25) is 11.8 Å². The summed E-state index contributed by atoms with van der Waals surface area (Å²) in [5.74, 6) is -0.0956. The monoisotopic (exact) mass is 213 g/mol. The van der Waals surface area contributed by atoms with Crippen molar-refractivity contribution in [3.63, 3.8) is 0 Å². The lowest BCUT2D eigenvalue weighted by molar-refractivity contribution is -0.132. The van der Waals surface area contributed by atoms with Gasteiger partial charge in [0.25, 0.3) is 0 Å². The maximum absolute atomic E-state index is 11.6. The quantitative estimate of drug-likeness (QED) is 0.658. The van der Waals surface area contributed by atoms with E-state index in [9.17, 15) is 9.59 Å². The number of carbonyl (C=O) groups excluding carboxylic acids is 2. The molecule has 86 valence electrons. The van der Waals surface area contributed by atoms with Crippen LogP contribution in [-0.2, 0) is 9.59 Å². The summed E-state index contributed by atoms with van der Waals surface area (Å²) < 4.78 is 0. The van der Waals surface area contributed by atoms with Crippen LogP contribution in [0.1, 0.15) is 26.2 Å². The average molecular weight is 213 g/mol. The van der Waals surface area contributed by atoms with Crippen LogP contribution in [-0.4, -0.2) is 42.4 Å². The molecule has 0 spiro atoms. The van der Waals surface area contributed by atoms with Crippen molar-refractivity contribution in [3.8, 4) is 0 Å². The van der Waals surface area contributed by atoms with Crippen molar-refractivity contribution in [2.75, 3.05) is 19.6 Å². The molecule has 0 aromatic carbocycles. The highest BCUT2D eigenvalue weighted by atomic mass is 16.2. The third-order valence-electron chi connectivity index (χ3n) is 2.49. The fourth-order valence-corrected chi connectivity index (χ4v) is 1.62. The number of amides is 2. The van der Waals surface area contributed by atoms with Crippen molar-refractivity contribution in [2.24, 2.45) is 5.73 Å². The first kappa shape index (κ1) is 12.0. The second kappa shape index (κ2) is 5.70. The molecule has 0 aromatic rings. The fraction of sp³-hybridized carbons (Fsp3) is 0.800. The predicted molar refractivity (Wildman–Crippen MR) is 57.1 cm³/mol. The molecule has 1 fully saturated rings. The van der Waals surface area contributed by atoms with E-state index in [2.05, 4.69) is 5.32 Å². The van der Waals surface area contributed by atoms with Gasteiger partial charge >= 0.3 is 0 Å². The second-order valence-corrected chi connectivity index (χ2v) is 3.92.